The minimum absolute atomic E-state index is 0.0901. The molecule has 7 heteroatoms. The molecule has 0 saturated carbocycles. The maximum Gasteiger partial charge on any atom is 0.349 e. The molecule has 0 atom stereocenters. The summed E-state index contributed by atoms with van der Waals surface area (Å²) in [5.41, 5.74) is 0.588. The van der Waals surface area contributed by atoms with Crippen LogP contribution in [-0.4, -0.2) is 38.9 Å². The highest BCUT2D eigenvalue weighted by molar-refractivity contribution is 7.89. The summed E-state index contributed by atoms with van der Waals surface area (Å²) in [4.78, 5) is 12.0. The fourth-order valence-corrected chi connectivity index (χ4v) is 5.05. The molecule has 0 N–H and O–H groups in total. The third-order valence-corrected chi connectivity index (χ3v) is 6.37. The number of nitrogens with zero attached hydrogens (tertiary/aromatic N) is 1. The van der Waals surface area contributed by atoms with Crippen LogP contribution < -0.4 is 0 Å². The fourth-order valence-electron chi connectivity index (χ4n) is 1.90. The van der Waals surface area contributed by atoms with Crippen LogP contribution in [0.2, 0.25) is 0 Å². The van der Waals surface area contributed by atoms with E-state index in [9.17, 15) is 13.2 Å². The second-order valence-electron chi connectivity index (χ2n) is 4.42. The van der Waals surface area contributed by atoms with E-state index in [4.69, 9.17) is 0 Å². The van der Waals surface area contributed by atoms with E-state index in [-0.39, 0.29) is 9.77 Å². The molecule has 1 rings (SSSR count). The van der Waals surface area contributed by atoms with Crippen molar-refractivity contribution in [3.05, 3.63) is 15.8 Å². The Balaban J connectivity index is 3.27. The third-order valence-electron chi connectivity index (χ3n) is 3.00. The number of unbranched alkanes of at least 4 members (excludes halogenated alkanes) is 1. The molecular weight excluding hydrogens is 298 g/mol. The Labute approximate surface area is 124 Å². The van der Waals surface area contributed by atoms with Crippen LogP contribution in [0.5, 0.6) is 0 Å². The first kappa shape index (κ1) is 17.1. The number of hydrogen-bond acceptors (Lipinski definition) is 5. The molecule has 0 saturated heterocycles. The molecule has 0 radical (unpaired) electrons. The van der Waals surface area contributed by atoms with Gasteiger partial charge in [0, 0.05) is 13.1 Å². The highest BCUT2D eigenvalue weighted by atomic mass is 32.2. The second kappa shape index (κ2) is 7.19. The standard InChI is InChI=1S/C13H21NO4S2/c1-5-7-8-14(6-2)20(16,17)12-10(3)9-19-11(12)13(15)18-4/h9H,5-8H2,1-4H3. The Hall–Kier alpha value is -0.920. The maximum atomic E-state index is 12.7. The Morgan fingerprint density at radius 1 is 1.40 bits per heavy atom. The second-order valence-corrected chi connectivity index (χ2v) is 7.17. The molecule has 0 aliphatic carbocycles. The van der Waals surface area contributed by atoms with Crippen LogP contribution in [0.3, 0.4) is 0 Å². The van der Waals surface area contributed by atoms with E-state index >= 15 is 0 Å². The normalized spacial score (nSPS) is 11.8. The molecule has 20 heavy (non-hydrogen) atoms. The van der Waals surface area contributed by atoms with Gasteiger partial charge in [0.25, 0.3) is 0 Å². The van der Waals surface area contributed by atoms with E-state index in [1.807, 2.05) is 6.92 Å². The summed E-state index contributed by atoms with van der Waals surface area (Å²) >= 11 is 1.11. The van der Waals surface area contributed by atoms with Crippen molar-refractivity contribution < 1.29 is 17.9 Å². The topological polar surface area (TPSA) is 63.7 Å². The highest BCUT2D eigenvalue weighted by Crippen LogP contribution is 2.30. The van der Waals surface area contributed by atoms with E-state index in [0.29, 0.717) is 18.7 Å². The van der Waals surface area contributed by atoms with Gasteiger partial charge in [0.05, 0.1) is 7.11 Å². The largest absolute Gasteiger partial charge is 0.465 e. The van der Waals surface area contributed by atoms with Gasteiger partial charge in [-0.3, -0.25) is 0 Å². The van der Waals surface area contributed by atoms with Gasteiger partial charge in [0.1, 0.15) is 9.77 Å². The first-order valence-corrected chi connectivity index (χ1v) is 8.88. The summed E-state index contributed by atoms with van der Waals surface area (Å²) in [6.45, 7) is 6.36. The van der Waals surface area contributed by atoms with Crippen molar-refractivity contribution in [3.8, 4) is 0 Å². The number of aryl methyl sites for hydroxylation is 1. The average molecular weight is 319 g/mol. The molecule has 0 fully saturated rings. The molecule has 1 aromatic rings. The van der Waals surface area contributed by atoms with E-state index in [1.54, 1.807) is 19.2 Å². The van der Waals surface area contributed by atoms with Crippen LogP contribution in [0, 0.1) is 6.92 Å². The van der Waals surface area contributed by atoms with Crippen molar-refractivity contribution in [1.82, 2.24) is 4.31 Å². The number of ether oxygens (including phenoxy) is 1. The van der Waals surface area contributed by atoms with E-state index in [1.165, 1.54) is 11.4 Å². The number of rotatable bonds is 7. The van der Waals surface area contributed by atoms with Gasteiger partial charge in [-0.15, -0.1) is 11.3 Å². The average Bonchev–Trinajstić information content (AvgIpc) is 2.81. The molecule has 0 bridgehead atoms. The van der Waals surface area contributed by atoms with E-state index < -0.39 is 16.0 Å². The predicted molar refractivity (Wildman–Crippen MR) is 79.7 cm³/mol. The number of carbonyl (C=O) groups is 1. The van der Waals surface area contributed by atoms with Gasteiger partial charge >= 0.3 is 5.97 Å². The Morgan fingerprint density at radius 2 is 2.05 bits per heavy atom. The van der Waals surface area contributed by atoms with Gasteiger partial charge in [0.2, 0.25) is 10.0 Å². The summed E-state index contributed by atoms with van der Waals surface area (Å²) in [7, 11) is -2.40. The lowest BCUT2D eigenvalue weighted by Crippen LogP contribution is -2.32. The molecule has 0 aliphatic rings. The molecule has 1 aromatic heterocycles. The SMILES string of the molecule is CCCCN(CC)S(=O)(=O)c1c(C)csc1C(=O)OC. The quantitative estimate of drug-likeness (QED) is 0.725. The summed E-state index contributed by atoms with van der Waals surface area (Å²) in [6, 6.07) is 0. The fraction of sp³-hybridized carbons (Fsp3) is 0.615. The molecule has 0 aliphatic heterocycles. The number of methoxy groups -OCH3 is 1. The first-order valence-electron chi connectivity index (χ1n) is 6.56. The van der Waals surface area contributed by atoms with Crippen LogP contribution in [0.1, 0.15) is 41.9 Å². The van der Waals surface area contributed by atoms with Crippen molar-refractivity contribution >= 4 is 27.3 Å². The molecule has 0 unspecified atom stereocenters. The van der Waals surface area contributed by atoms with Gasteiger partial charge in [-0.2, -0.15) is 4.31 Å². The molecule has 0 aromatic carbocycles. The molecule has 5 nitrogen and oxygen atoms in total. The number of sulfonamides is 1. The van der Waals surface area contributed by atoms with Gasteiger partial charge < -0.3 is 4.74 Å². The highest BCUT2D eigenvalue weighted by Gasteiger charge is 2.31. The van der Waals surface area contributed by atoms with E-state index in [0.717, 1.165) is 24.2 Å². The maximum absolute atomic E-state index is 12.7. The smallest absolute Gasteiger partial charge is 0.349 e. The molecular formula is C13H21NO4S2. The first-order chi connectivity index (χ1) is 9.39. The lowest BCUT2D eigenvalue weighted by atomic mass is 10.3. The zero-order chi connectivity index (χ0) is 15.3. The Bertz CT molecular complexity index is 563. The molecule has 0 amide bonds. The van der Waals surface area contributed by atoms with Crippen LogP contribution >= 0.6 is 11.3 Å². The Kier molecular flexibility index (Phi) is 6.16. The Morgan fingerprint density at radius 3 is 2.55 bits per heavy atom. The van der Waals surface area contributed by atoms with Crippen molar-refractivity contribution in [3.63, 3.8) is 0 Å². The zero-order valence-electron chi connectivity index (χ0n) is 12.3. The lowest BCUT2D eigenvalue weighted by Gasteiger charge is -2.20. The van der Waals surface area contributed by atoms with Crippen molar-refractivity contribution in [2.24, 2.45) is 0 Å². The third kappa shape index (κ3) is 3.39. The van der Waals surface area contributed by atoms with Gasteiger partial charge in [-0.25, -0.2) is 13.2 Å². The number of thiophene rings is 1. The molecule has 114 valence electrons. The summed E-state index contributed by atoms with van der Waals surface area (Å²) in [5.74, 6) is -0.604. The van der Waals surface area contributed by atoms with Crippen LogP contribution in [-0.2, 0) is 14.8 Å². The van der Waals surface area contributed by atoms with Crippen molar-refractivity contribution in [1.29, 1.82) is 0 Å². The summed E-state index contributed by atoms with van der Waals surface area (Å²) in [5, 5.41) is 1.67. The van der Waals surface area contributed by atoms with Gasteiger partial charge in [0.15, 0.2) is 0 Å². The molecule has 0 spiro atoms. The monoisotopic (exact) mass is 319 g/mol. The predicted octanol–water partition coefficient (Wildman–Crippen LogP) is 2.65. The minimum Gasteiger partial charge on any atom is -0.465 e. The number of carbonyl (C=O) groups excluding carboxylic acids is 1. The minimum atomic E-state index is -3.65. The zero-order valence-corrected chi connectivity index (χ0v) is 13.9. The van der Waals surface area contributed by atoms with Crippen molar-refractivity contribution in [2.75, 3.05) is 20.2 Å². The van der Waals surface area contributed by atoms with Crippen LogP contribution in [0.25, 0.3) is 0 Å². The van der Waals surface area contributed by atoms with Crippen molar-refractivity contribution in [2.45, 2.75) is 38.5 Å². The van der Waals surface area contributed by atoms with Gasteiger partial charge in [-0.05, 0) is 24.3 Å². The summed E-state index contributed by atoms with van der Waals surface area (Å²) in [6.07, 6.45) is 1.71. The van der Waals surface area contributed by atoms with Crippen LogP contribution in [0.15, 0.2) is 10.3 Å². The molecule has 1 heterocycles. The lowest BCUT2D eigenvalue weighted by molar-refractivity contribution is 0.0602. The van der Waals surface area contributed by atoms with Gasteiger partial charge in [-0.1, -0.05) is 20.3 Å². The summed E-state index contributed by atoms with van der Waals surface area (Å²) < 4.78 is 31.5. The number of esters is 1. The number of hydrogen-bond donors (Lipinski definition) is 0. The van der Waals surface area contributed by atoms with Crippen LogP contribution in [0.4, 0.5) is 0 Å². The van der Waals surface area contributed by atoms with E-state index in [2.05, 4.69) is 4.74 Å².